The summed E-state index contributed by atoms with van der Waals surface area (Å²) >= 11 is 0. The summed E-state index contributed by atoms with van der Waals surface area (Å²) in [7, 11) is 0. The topological polar surface area (TPSA) is 100 Å². The highest BCUT2D eigenvalue weighted by atomic mass is 19.4. The number of carbonyl (C=O) groups is 1. The summed E-state index contributed by atoms with van der Waals surface area (Å²) in [6, 6.07) is 0.247. The summed E-state index contributed by atoms with van der Waals surface area (Å²) in [5, 5.41) is 10.6. The van der Waals surface area contributed by atoms with Crippen LogP contribution < -0.4 is 5.56 Å². The summed E-state index contributed by atoms with van der Waals surface area (Å²) in [6.07, 6.45) is -4.80. The Morgan fingerprint density at radius 2 is 2.06 bits per heavy atom. The number of aromatic nitrogens is 4. The lowest BCUT2D eigenvalue weighted by atomic mass is 10.4. The summed E-state index contributed by atoms with van der Waals surface area (Å²) < 4.78 is 37.4. The van der Waals surface area contributed by atoms with Gasteiger partial charge in [-0.15, -0.1) is 0 Å². The van der Waals surface area contributed by atoms with E-state index in [0.29, 0.717) is 4.52 Å². The van der Waals surface area contributed by atoms with E-state index in [-0.39, 0.29) is 6.07 Å². The standard InChI is InChI=1S/C7H3F3N4O3/c8-7(9,10)2-1-3(15)14-6(11-2)12-4(13-14)5(16)17/h1H,(H,16,17)(H,11,12,13). The lowest BCUT2D eigenvalue weighted by Gasteiger charge is -2.03. The minimum Gasteiger partial charge on any atom is -0.475 e. The highest BCUT2D eigenvalue weighted by molar-refractivity contribution is 5.83. The largest absolute Gasteiger partial charge is 0.475 e. The molecule has 0 amide bonds. The molecule has 2 aromatic heterocycles. The van der Waals surface area contributed by atoms with Crippen molar-refractivity contribution in [2.45, 2.75) is 6.18 Å². The van der Waals surface area contributed by atoms with Gasteiger partial charge in [-0.05, 0) is 0 Å². The molecule has 0 bridgehead atoms. The van der Waals surface area contributed by atoms with Gasteiger partial charge in [0.25, 0.3) is 11.3 Å². The molecule has 2 rings (SSSR count). The Balaban J connectivity index is 2.74. The second-order valence-electron chi connectivity index (χ2n) is 2.99. The number of alkyl halides is 3. The maximum atomic E-state index is 12.3. The Bertz CT molecular complexity index is 656. The predicted octanol–water partition coefficient (Wildman–Crippen LogP) is 0.135. The summed E-state index contributed by atoms with van der Waals surface area (Å²) in [6.45, 7) is 0. The number of aromatic carboxylic acids is 1. The van der Waals surface area contributed by atoms with Crippen molar-refractivity contribution in [2.75, 3.05) is 0 Å². The molecule has 0 aliphatic carbocycles. The van der Waals surface area contributed by atoms with Crippen LogP contribution in [0.2, 0.25) is 0 Å². The van der Waals surface area contributed by atoms with Gasteiger partial charge in [0.1, 0.15) is 0 Å². The molecule has 10 heteroatoms. The zero-order valence-electron chi connectivity index (χ0n) is 7.82. The van der Waals surface area contributed by atoms with Crippen molar-refractivity contribution in [1.82, 2.24) is 19.6 Å². The van der Waals surface area contributed by atoms with Gasteiger partial charge in [-0.2, -0.15) is 22.7 Å². The summed E-state index contributed by atoms with van der Waals surface area (Å²) in [4.78, 5) is 28.0. The van der Waals surface area contributed by atoms with Crippen LogP contribution in [-0.4, -0.2) is 30.7 Å². The highest BCUT2D eigenvalue weighted by Crippen LogP contribution is 2.26. The molecule has 0 radical (unpaired) electrons. The molecular formula is C7H3F3N4O3. The minimum atomic E-state index is -4.80. The molecule has 17 heavy (non-hydrogen) atoms. The van der Waals surface area contributed by atoms with Crippen LogP contribution in [0.25, 0.3) is 5.78 Å². The van der Waals surface area contributed by atoms with E-state index < -0.39 is 35.0 Å². The van der Waals surface area contributed by atoms with Gasteiger partial charge in [-0.3, -0.25) is 9.89 Å². The molecule has 0 aromatic carbocycles. The van der Waals surface area contributed by atoms with Crippen LogP contribution in [0.5, 0.6) is 0 Å². The first-order valence-electron chi connectivity index (χ1n) is 4.09. The second kappa shape index (κ2) is 3.30. The third-order valence-corrected chi connectivity index (χ3v) is 1.82. The Labute approximate surface area is 89.5 Å². The molecule has 0 atom stereocenters. The first kappa shape index (κ1) is 11.1. The number of carboxylic acid groups (broad SMARTS) is 1. The Morgan fingerprint density at radius 1 is 1.41 bits per heavy atom. The lowest BCUT2D eigenvalue weighted by Crippen LogP contribution is -2.20. The monoisotopic (exact) mass is 248 g/mol. The van der Waals surface area contributed by atoms with Crippen molar-refractivity contribution in [3.8, 4) is 0 Å². The quantitative estimate of drug-likeness (QED) is 0.747. The zero-order chi connectivity index (χ0) is 12.8. The van der Waals surface area contributed by atoms with Crippen LogP contribution in [-0.2, 0) is 6.18 Å². The molecule has 90 valence electrons. The number of nitrogens with zero attached hydrogens (tertiary/aromatic N) is 3. The van der Waals surface area contributed by atoms with Crippen LogP contribution in [0.4, 0.5) is 13.2 Å². The van der Waals surface area contributed by atoms with Gasteiger partial charge in [-0.1, -0.05) is 0 Å². The van der Waals surface area contributed by atoms with E-state index in [2.05, 4.69) is 9.97 Å². The molecule has 7 nitrogen and oxygen atoms in total. The normalized spacial score (nSPS) is 11.9. The van der Waals surface area contributed by atoms with Crippen LogP contribution in [0.15, 0.2) is 10.9 Å². The number of hydrogen-bond donors (Lipinski definition) is 2. The van der Waals surface area contributed by atoms with Crippen molar-refractivity contribution in [3.63, 3.8) is 0 Å². The number of aromatic amines is 1. The molecule has 0 aliphatic heterocycles. The highest BCUT2D eigenvalue weighted by Gasteiger charge is 2.34. The number of carboxylic acids is 1. The fraction of sp³-hybridized carbons (Fsp3) is 0.143. The minimum absolute atomic E-state index is 0.247. The fourth-order valence-corrected chi connectivity index (χ4v) is 1.12. The maximum Gasteiger partial charge on any atom is 0.433 e. The van der Waals surface area contributed by atoms with Crippen molar-refractivity contribution < 1.29 is 23.1 Å². The molecule has 2 N–H and O–H groups in total. The van der Waals surface area contributed by atoms with E-state index in [9.17, 15) is 22.8 Å². The zero-order valence-corrected chi connectivity index (χ0v) is 7.82. The van der Waals surface area contributed by atoms with Gasteiger partial charge in [0, 0.05) is 6.07 Å². The molecular weight excluding hydrogens is 245 g/mol. The number of hydrogen-bond acceptors (Lipinski definition) is 4. The van der Waals surface area contributed by atoms with Crippen LogP contribution in [0, 0.1) is 0 Å². The second-order valence-corrected chi connectivity index (χ2v) is 2.99. The number of H-pyrrole nitrogens is 1. The predicted molar refractivity (Wildman–Crippen MR) is 45.6 cm³/mol. The fourth-order valence-electron chi connectivity index (χ4n) is 1.12. The third-order valence-electron chi connectivity index (χ3n) is 1.82. The van der Waals surface area contributed by atoms with E-state index in [1.54, 1.807) is 0 Å². The third kappa shape index (κ3) is 1.84. The summed E-state index contributed by atoms with van der Waals surface area (Å²) in [5.74, 6) is -2.83. The summed E-state index contributed by atoms with van der Waals surface area (Å²) in [5.41, 5.74) is -2.52. The van der Waals surface area contributed by atoms with Crippen LogP contribution in [0.1, 0.15) is 16.3 Å². The molecule has 0 saturated carbocycles. The van der Waals surface area contributed by atoms with E-state index >= 15 is 0 Å². The number of nitrogens with one attached hydrogen (secondary N) is 1. The van der Waals surface area contributed by atoms with Crippen molar-refractivity contribution >= 4 is 11.7 Å². The Morgan fingerprint density at radius 3 is 2.59 bits per heavy atom. The Hall–Kier alpha value is -2.39. The molecule has 0 aliphatic rings. The molecule has 0 fully saturated rings. The molecule has 0 spiro atoms. The number of fused-ring (bicyclic) bond motifs is 1. The van der Waals surface area contributed by atoms with Crippen molar-refractivity contribution in [3.05, 3.63) is 27.9 Å². The van der Waals surface area contributed by atoms with E-state index in [0.717, 1.165) is 0 Å². The van der Waals surface area contributed by atoms with Gasteiger partial charge in [0.2, 0.25) is 5.82 Å². The molecule has 2 heterocycles. The molecule has 0 unspecified atom stereocenters. The maximum absolute atomic E-state index is 12.3. The smallest absolute Gasteiger partial charge is 0.433 e. The van der Waals surface area contributed by atoms with Gasteiger partial charge < -0.3 is 5.11 Å². The van der Waals surface area contributed by atoms with Gasteiger partial charge in [-0.25, -0.2) is 9.78 Å². The van der Waals surface area contributed by atoms with Crippen LogP contribution in [0.3, 0.4) is 0 Å². The average molecular weight is 248 g/mol. The lowest BCUT2D eigenvalue weighted by molar-refractivity contribution is -0.141. The van der Waals surface area contributed by atoms with E-state index in [4.69, 9.17) is 5.11 Å². The van der Waals surface area contributed by atoms with Gasteiger partial charge in [0.05, 0.1) is 0 Å². The van der Waals surface area contributed by atoms with E-state index in [1.807, 2.05) is 5.10 Å². The first-order valence-corrected chi connectivity index (χ1v) is 4.09. The van der Waals surface area contributed by atoms with Crippen LogP contribution >= 0.6 is 0 Å². The van der Waals surface area contributed by atoms with Gasteiger partial charge in [0.15, 0.2) is 5.69 Å². The molecule has 0 saturated heterocycles. The average Bonchev–Trinajstić information content (AvgIpc) is 2.60. The first-order chi connectivity index (χ1) is 7.79. The number of rotatable bonds is 1. The van der Waals surface area contributed by atoms with E-state index in [1.165, 1.54) is 0 Å². The molecule has 2 aromatic rings. The number of halogens is 3. The Kier molecular flexibility index (Phi) is 2.16. The van der Waals surface area contributed by atoms with Crippen molar-refractivity contribution in [2.24, 2.45) is 0 Å². The SMILES string of the molecule is O=C(O)c1nc2nc(C(F)(F)F)cc(=O)n2[nH]1. The van der Waals surface area contributed by atoms with Gasteiger partial charge >= 0.3 is 12.1 Å². The van der Waals surface area contributed by atoms with Crippen molar-refractivity contribution in [1.29, 1.82) is 0 Å².